The maximum Gasteiger partial charge on any atom is 0.274 e. The normalized spacial score (nSPS) is 13.4. The van der Waals surface area contributed by atoms with Crippen LogP contribution in [0.25, 0.3) is 16.8 Å². The van der Waals surface area contributed by atoms with Crippen LogP contribution in [-0.2, 0) is 6.54 Å². The van der Waals surface area contributed by atoms with Crippen molar-refractivity contribution in [1.29, 1.82) is 0 Å². The molecule has 2 aromatic heterocycles. The van der Waals surface area contributed by atoms with Crippen molar-refractivity contribution < 1.29 is 4.79 Å². The summed E-state index contributed by atoms with van der Waals surface area (Å²) in [4.78, 5) is 20.3. The Hall–Kier alpha value is -4.69. The topological polar surface area (TPSA) is 86.6 Å². The Kier molecular flexibility index (Phi) is 6.70. The predicted molar refractivity (Wildman–Crippen MR) is 152 cm³/mol. The van der Waals surface area contributed by atoms with Crippen LogP contribution in [0.2, 0.25) is 0 Å². The third kappa shape index (κ3) is 5.07. The number of anilines is 3. The van der Waals surface area contributed by atoms with Crippen molar-refractivity contribution in [2.45, 2.75) is 6.54 Å². The van der Waals surface area contributed by atoms with Crippen molar-refractivity contribution in [3.05, 3.63) is 109 Å². The van der Waals surface area contributed by atoms with E-state index in [-0.39, 0.29) is 5.91 Å². The Morgan fingerprint density at radius 3 is 2.61 bits per heavy atom. The minimum absolute atomic E-state index is 0.250. The van der Waals surface area contributed by atoms with Crippen molar-refractivity contribution in [2.75, 3.05) is 41.7 Å². The lowest BCUT2D eigenvalue weighted by Crippen LogP contribution is -2.43. The first-order valence-corrected chi connectivity index (χ1v) is 12.8. The highest BCUT2D eigenvalue weighted by Gasteiger charge is 2.18. The molecule has 3 aromatic carbocycles. The molecule has 1 fully saturated rings. The molecule has 0 bridgehead atoms. The van der Waals surface area contributed by atoms with E-state index in [0.29, 0.717) is 11.3 Å². The highest BCUT2D eigenvalue weighted by molar-refractivity contribution is 6.05. The Labute approximate surface area is 221 Å². The number of carbonyl (C=O) groups is 1. The largest absolute Gasteiger partial charge is 0.381 e. The Bertz CT molecular complexity index is 1560. The first-order valence-electron chi connectivity index (χ1n) is 12.8. The van der Waals surface area contributed by atoms with Gasteiger partial charge < -0.3 is 20.9 Å². The number of fused-ring (bicyclic) bond motifs is 1. The van der Waals surface area contributed by atoms with Crippen molar-refractivity contribution in [3.63, 3.8) is 0 Å². The van der Waals surface area contributed by atoms with E-state index in [1.165, 1.54) is 5.56 Å². The standard InChI is InChI=1S/C30H29N7O/c38-30(35-26-11-4-5-12-28(26)36-17-14-31-15-18-36)27-13-16-37-29(34-27)25(21-33-37)23-9-6-10-24(19-23)32-20-22-7-2-1-3-8-22/h1-13,16,19,21,31-32H,14-15,17-18,20H2,(H,35,38). The minimum atomic E-state index is -0.250. The zero-order valence-electron chi connectivity index (χ0n) is 21.0. The maximum atomic E-state index is 13.3. The number of carbonyl (C=O) groups excluding carboxylic acids is 1. The lowest BCUT2D eigenvalue weighted by atomic mass is 10.1. The number of rotatable bonds is 7. The van der Waals surface area contributed by atoms with Gasteiger partial charge in [-0.15, -0.1) is 0 Å². The molecule has 0 spiro atoms. The van der Waals surface area contributed by atoms with Crippen LogP contribution in [0.15, 0.2) is 97.3 Å². The lowest BCUT2D eigenvalue weighted by Gasteiger charge is -2.31. The molecular formula is C30H29N7O. The summed E-state index contributed by atoms with van der Waals surface area (Å²) >= 11 is 0. The van der Waals surface area contributed by atoms with E-state index in [1.807, 2.05) is 60.7 Å². The fourth-order valence-electron chi connectivity index (χ4n) is 4.74. The number of amides is 1. The van der Waals surface area contributed by atoms with Crippen LogP contribution >= 0.6 is 0 Å². The zero-order valence-corrected chi connectivity index (χ0v) is 21.0. The molecular weight excluding hydrogens is 474 g/mol. The van der Waals surface area contributed by atoms with Crippen LogP contribution in [0.5, 0.6) is 0 Å². The molecule has 1 aliphatic heterocycles. The fourth-order valence-corrected chi connectivity index (χ4v) is 4.74. The number of nitrogens with zero attached hydrogens (tertiary/aromatic N) is 4. The Balaban J connectivity index is 1.24. The molecule has 6 rings (SSSR count). The number of hydrogen-bond acceptors (Lipinski definition) is 6. The molecule has 38 heavy (non-hydrogen) atoms. The van der Waals surface area contributed by atoms with Gasteiger partial charge in [-0.1, -0.05) is 54.6 Å². The number of aromatic nitrogens is 3. The van der Waals surface area contributed by atoms with Gasteiger partial charge in [-0.05, 0) is 41.5 Å². The second-order valence-electron chi connectivity index (χ2n) is 9.27. The SMILES string of the molecule is O=C(Nc1ccccc1N1CCNCC1)c1ccn2ncc(-c3cccc(NCc4ccccc4)c3)c2n1. The van der Waals surface area contributed by atoms with E-state index >= 15 is 0 Å². The second kappa shape index (κ2) is 10.7. The summed E-state index contributed by atoms with van der Waals surface area (Å²) in [5.41, 5.74) is 6.84. The maximum absolute atomic E-state index is 13.3. The Morgan fingerprint density at radius 1 is 0.921 bits per heavy atom. The van der Waals surface area contributed by atoms with Crippen molar-refractivity contribution in [3.8, 4) is 11.1 Å². The molecule has 1 saturated heterocycles. The molecule has 1 aliphatic rings. The summed E-state index contributed by atoms with van der Waals surface area (Å²) in [5.74, 6) is -0.250. The molecule has 5 aromatic rings. The first kappa shape index (κ1) is 23.7. The molecule has 1 amide bonds. The lowest BCUT2D eigenvalue weighted by molar-refractivity contribution is 0.102. The zero-order chi connectivity index (χ0) is 25.7. The van der Waals surface area contributed by atoms with Gasteiger partial charge in [0.25, 0.3) is 5.91 Å². The van der Waals surface area contributed by atoms with Gasteiger partial charge in [-0.25, -0.2) is 9.50 Å². The highest BCUT2D eigenvalue weighted by Crippen LogP contribution is 2.28. The van der Waals surface area contributed by atoms with Gasteiger partial charge in [0, 0.05) is 50.2 Å². The summed E-state index contributed by atoms with van der Waals surface area (Å²) in [5, 5.41) is 14.4. The van der Waals surface area contributed by atoms with E-state index in [1.54, 1.807) is 23.0 Å². The summed E-state index contributed by atoms with van der Waals surface area (Å²) < 4.78 is 1.70. The summed E-state index contributed by atoms with van der Waals surface area (Å²) in [7, 11) is 0. The predicted octanol–water partition coefficient (Wildman–Crippen LogP) is 4.67. The number of hydrogen-bond donors (Lipinski definition) is 3. The van der Waals surface area contributed by atoms with Crippen molar-refractivity contribution in [2.24, 2.45) is 0 Å². The molecule has 8 heteroatoms. The van der Waals surface area contributed by atoms with Crippen molar-refractivity contribution >= 4 is 28.6 Å². The Morgan fingerprint density at radius 2 is 1.74 bits per heavy atom. The highest BCUT2D eigenvalue weighted by atomic mass is 16.1. The van der Waals surface area contributed by atoms with E-state index in [9.17, 15) is 4.79 Å². The van der Waals surface area contributed by atoms with Gasteiger partial charge in [-0.3, -0.25) is 4.79 Å². The average Bonchev–Trinajstić information content (AvgIpc) is 3.41. The molecule has 0 radical (unpaired) electrons. The van der Waals surface area contributed by atoms with E-state index in [4.69, 9.17) is 4.98 Å². The molecule has 190 valence electrons. The van der Waals surface area contributed by atoms with Gasteiger partial charge in [0.15, 0.2) is 5.65 Å². The van der Waals surface area contributed by atoms with Gasteiger partial charge in [0.1, 0.15) is 5.69 Å². The molecule has 3 N–H and O–H groups in total. The summed E-state index contributed by atoms with van der Waals surface area (Å²) in [6.07, 6.45) is 3.57. The smallest absolute Gasteiger partial charge is 0.274 e. The third-order valence-electron chi connectivity index (χ3n) is 6.72. The molecule has 3 heterocycles. The first-order chi connectivity index (χ1) is 18.7. The molecule has 0 saturated carbocycles. The fraction of sp³-hybridized carbons (Fsp3) is 0.167. The van der Waals surface area contributed by atoms with Crippen LogP contribution in [0.3, 0.4) is 0 Å². The van der Waals surface area contributed by atoms with Crippen LogP contribution in [0.1, 0.15) is 16.1 Å². The second-order valence-corrected chi connectivity index (χ2v) is 9.27. The monoisotopic (exact) mass is 503 g/mol. The number of benzene rings is 3. The molecule has 0 aliphatic carbocycles. The molecule has 0 atom stereocenters. The average molecular weight is 504 g/mol. The number of piperazine rings is 1. The van der Waals surface area contributed by atoms with Crippen LogP contribution in [-0.4, -0.2) is 46.7 Å². The van der Waals surface area contributed by atoms with E-state index in [2.05, 4.69) is 44.1 Å². The third-order valence-corrected chi connectivity index (χ3v) is 6.72. The number of nitrogens with one attached hydrogen (secondary N) is 3. The van der Waals surface area contributed by atoms with Gasteiger partial charge in [0.2, 0.25) is 0 Å². The van der Waals surface area contributed by atoms with Crippen LogP contribution in [0.4, 0.5) is 17.1 Å². The summed E-state index contributed by atoms with van der Waals surface area (Å²) in [6.45, 7) is 4.38. The van der Waals surface area contributed by atoms with Gasteiger partial charge in [0.05, 0.1) is 17.6 Å². The molecule has 8 nitrogen and oxygen atoms in total. The van der Waals surface area contributed by atoms with E-state index < -0.39 is 0 Å². The van der Waals surface area contributed by atoms with Crippen molar-refractivity contribution in [1.82, 2.24) is 19.9 Å². The van der Waals surface area contributed by atoms with Gasteiger partial charge >= 0.3 is 0 Å². The van der Waals surface area contributed by atoms with Crippen LogP contribution in [0, 0.1) is 0 Å². The molecule has 0 unspecified atom stereocenters. The number of para-hydroxylation sites is 2. The quantitative estimate of drug-likeness (QED) is 0.299. The van der Waals surface area contributed by atoms with E-state index in [0.717, 1.165) is 60.9 Å². The minimum Gasteiger partial charge on any atom is -0.381 e. The summed E-state index contributed by atoms with van der Waals surface area (Å²) in [6, 6.07) is 28.1. The van der Waals surface area contributed by atoms with Gasteiger partial charge in [-0.2, -0.15) is 5.10 Å². The van der Waals surface area contributed by atoms with Crippen LogP contribution < -0.4 is 20.9 Å².